The first-order valence-electron chi connectivity index (χ1n) is 10.7. The summed E-state index contributed by atoms with van der Waals surface area (Å²) in [7, 11) is -4.62. The highest BCUT2D eigenvalue weighted by Crippen LogP contribution is 2.37. The molecule has 1 heterocycles. The summed E-state index contributed by atoms with van der Waals surface area (Å²) in [6.45, 7) is 7.75. The highest BCUT2D eigenvalue weighted by Gasteiger charge is 2.36. The van der Waals surface area contributed by atoms with Gasteiger partial charge in [-0.25, -0.2) is 22.7 Å². The first-order chi connectivity index (χ1) is 16.5. The van der Waals surface area contributed by atoms with Gasteiger partial charge in [0, 0.05) is 16.5 Å². The number of rotatable bonds is 8. The lowest BCUT2D eigenvalue weighted by Crippen LogP contribution is -2.34. The monoisotopic (exact) mass is 540 g/mol. The molecular weight excluding hydrogens is 515 g/mol. The Hall–Kier alpha value is -3.06. The quantitative estimate of drug-likeness (QED) is 0.340. The van der Waals surface area contributed by atoms with E-state index in [2.05, 4.69) is 14.9 Å². The highest BCUT2D eigenvalue weighted by atomic mass is 35.5. The number of aromatic amines is 1. The van der Waals surface area contributed by atoms with Crippen LogP contribution in [-0.2, 0) is 15.6 Å². The fourth-order valence-electron chi connectivity index (χ4n) is 3.94. The van der Waals surface area contributed by atoms with Crippen LogP contribution in [0.5, 0.6) is 0 Å². The number of aryl methyl sites for hydroxylation is 1. The fourth-order valence-corrected chi connectivity index (χ4v) is 5.82. The predicted molar refractivity (Wildman–Crippen MR) is 130 cm³/mol. The minimum Gasteiger partial charge on any atom is -0.391 e. The SMILES string of the molecule is Cc1ccc(F)c([C@@H](C)[C@H](NS(=O)(=O)c2cc(C(C)(C)O)c(Cl)cc2C(N)=O)c2n[nH]c(=O)o2)c1C. The van der Waals surface area contributed by atoms with Crippen molar-refractivity contribution in [2.24, 2.45) is 5.73 Å². The molecule has 10 nitrogen and oxygen atoms in total. The molecule has 0 fully saturated rings. The third kappa shape index (κ3) is 5.36. The molecule has 3 aromatic rings. The van der Waals surface area contributed by atoms with Gasteiger partial charge < -0.3 is 15.3 Å². The molecule has 2 atom stereocenters. The molecule has 1 aromatic heterocycles. The predicted octanol–water partition coefficient (Wildman–Crippen LogP) is 2.92. The maximum atomic E-state index is 14.9. The number of sulfonamides is 1. The molecule has 5 N–H and O–H groups in total. The van der Waals surface area contributed by atoms with Gasteiger partial charge in [0.1, 0.15) is 11.9 Å². The Morgan fingerprint density at radius 1 is 1.31 bits per heavy atom. The van der Waals surface area contributed by atoms with Crippen LogP contribution in [0.25, 0.3) is 0 Å². The fraction of sp³-hybridized carbons (Fsp3) is 0.348. The number of hydrogen-bond acceptors (Lipinski definition) is 7. The third-order valence-corrected chi connectivity index (χ3v) is 7.77. The van der Waals surface area contributed by atoms with Crippen LogP contribution in [0.2, 0.25) is 5.02 Å². The Labute approximate surface area is 211 Å². The van der Waals surface area contributed by atoms with Gasteiger partial charge in [0.05, 0.1) is 16.1 Å². The van der Waals surface area contributed by atoms with E-state index in [4.69, 9.17) is 21.8 Å². The number of H-pyrrole nitrogens is 1. The van der Waals surface area contributed by atoms with Crippen LogP contribution in [-0.4, -0.2) is 29.6 Å². The molecule has 13 heteroatoms. The first kappa shape index (κ1) is 27.5. The van der Waals surface area contributed by atoms with Gasteiger partial charge in [-0.15, -0.1) is 5.10 Å². The van der Waals surface area contributed by atoms with Crippen LogP contribution in [0.15, 0.2) is 38.4 Å². The van der Waals surface area contributed by atoms with Gasteiger partial charge in [-0.2, -0.15) is 4.72 Å². The van der Waals surface area contributed by atoms with Crippen LogP contribution in [0.3, 0.4) is 0 Å². The number of carbonyl (C=O) groups is 1. The molecule has 36 heavy (non-hydrogen) atoms. The average Bonchev–Trinajstić information content (AvgIpc) is 3.19. The van der Waals surface area contributed by atoms with Gasteiger partial charge >= 0.3 is 5.76 Å². The number of aliphatic hydroxyl groups is 1. The van der Waals surface area contributed by atoms with Crippen molar-refractivity contribution in [3.63, 3.8) is 0 Å². The van der Waals surface area contributed by atoms with Crippen LogP contribution in [0.1, 0.15) is 71.2 Å². The molecule has 0 saturated carbocycles. The molecule has 0 spiro atoms. The summed E-state index contributed by atoms with van der Waals surface area (Å²) in [5.41, 5.74) is 4.93. The molecule has 2 aromatic carbocycles. The Balaban J connectivity index is 2.22. The van der Waals surface area contributed by atoms with Crippen molar-refractivity contribution in [1.29, 1.82) is 0 Å². The zero-order valence-corrected chi connectivity index (χ0v) is 21.7. The van der Waals surface area contributed by atoms with E-state index < -0.39 is 55.5 Å². The van der Waals surface area contributed by atoms with Crippen molar-refractivity contribution >= 4 is 27.5 Å². The minimum atomic E-state index is -4.62. The summed E-state index contributed by atoms with van der Waals surface area (Å²) in [5, 5.41) is 16.2. The lowest BCUT2D eigenvalue weighted by molar-refractivity contribution is 0.0783. The number of aromatic nitrogens is 2. The number of nitrogens with zero attached hydrogens (tertiary/aromatic N) is 1. The number of carbonyl (C=O) groups excluding carboxylic acids is 1. The number of nitrogens with one attached hydrogen (secondary N) is 2. The molecule has 0 unspecified atom stereocenters. The molecule has 0 saturated heterocycles. The number of hydrogen-bond donors (Lipinski definition) is 4. The van der Waals surface area contributed by atoms with E-state index in [-0.39, 0.29) is 22.0 Å². The summed E-state index contributed by atoms with van der Waals surface area (Å²) >= 11 is 6.18. The van der Waals surface area contributed by atoms with E-state index in [1.54, 1.807) is 19.9 Å². The second-order valence-corrected chi connectivity index (χ2v) is 11.1. The van der Waals surface area contributed by atoms with Gasteiger partial charge in [-0.1, -0.05) is 24.6 Å². The van der Waals surface area contributed by atoms with Gasteiger partial charge in [0.15, 0.2) is 0 Å². The number of nitrogens with two attached hydrogens (primary N) is 1. The number of halogens is 2. The lowest BCUT2D eigenvalue weighted by atomic mass is 9.88. The van der Waals surface area contributed by atoms with Crippen molar-refractivity contribution in [1.82, 2.24) is 14.9 Å². The maximum Gasteiger partial charge on any atom is 0.434 e. The molecule has 1 amide bonds. The smallest absolute Gasteiger partial charge is 0.391 e. The largest absolute Gasteiger partial charge is 0.434 e. The zero-order chi connectivity index (χ0) is 27.2. The second kappa shape index (κ2) is 9.77. The van der Waals surface area contributed by atoms with E-state index in [1.807, 2.05) is 0 Å². The molecule has 194 valence electrons. The van der Waals surface area contributed by atoms with Crippen LogP contribution in [0.4, 0.5) is 4.39 Å². The molecule has 0 radical (unpaired) electrons. The average molecular weight is 541 g/mol. The maximum absolute atomic E-state index is 14.9. The first-order valence-corrected chi connectivity index (χ1v) is 12.6. The second-order valence-electron chi connectivity index (χ2n) is 8.99. The summed E-state index contributed by atoms with van der Waals surface area (Å²) in [6, 6.07) is 3.53. The van der Waals surface area contributed by atoms with Crippen LogP contribution < -0.4 is 16.2 Å². The molecule has 0 aliphatic rings. The molecule has 0 aliphatic heterocycles. The molecule has 3 rings (SSSR count). The van der Waals surface area contributed by atoms with E-state index in [0.29, 0.717) is 5.56 Å². The van der Waals surface area contributed by atoms with E-state index >= 15 is 0 Å². The van der Waals surface area contributed by atoms with Crippen molar-refractivity contribution in [3.05, 3.63) is 79.4 Å². The normalized spacial score (nSPS) is 14.0. The van der Waals surface area contributed by atoms with E-state index in [0.717, 1.165) is 17.7 Å². The van der Waals surface area contributed by atoms with Gasteiger partial charge in [0.2, 0.25) is 21.8 Å². The number of amides is 1. The standard InChI is InChI=1S/C23H26ClFN4O6S/c1-10-6-7-16(25)18(11(10)2)12(3)19(21-27-28-22(31)35-21)29-36(33,34)17-9-14(23(4,5)32)15(24)8-13(17)20(26)30/h6-9,12,19,29,32H,1-5H3,(H2,26,30)(H,28,31)/t12-,19+/m1/s1. The van der Waals surface area contributed by atoms with Crippen LogP contribution >= 0.6 is 11.6 Å². The lowest BCUT2D eigenvalue weighted by Gasteiger charge is -2.26. The van der Waals surface area contributed by atoms with Crippen molar-refractivity contribution < 1.29 is 27.1 Å². The van der Waals surface area contributed by atoms with E-state index in [9.17, 15) is 27.5 Å². The topological polar surface area (TPSA) is 168 Å². The third-order valence-electron chi connectivity index (χ3n) is 5.97. The van der Waals surface area contributed by atoms with Crippen molar-refractivity contribution in [2.75, 3.05) is 0 Å². The Morgan fingerprint density at radius 3 is 2.47 bits per heavy atom. The summed E-state index contributed by atoms with van der Waals surface area (Å²) in [6.07, 6.45) is 0. The molecule has 0 bridgehead atoms. The molecular formula is C23H26ClFN4O6S. The minimum absolute atomic E-state index is 0.0195. The Bertz CT molecular complexity index is 1490. The van der Waals surface area contributed by atoms with Crippen LogP contribution in [0, 0.1) is 19.7 Å². The van der Waals surface area contributed by atoms with Gasteiger partial charge in [0.25, 0.3) is 0 Å². The summed E-state index contributed by atoms with van der Waals surface area (Å²) in [4.78, 5) is 23.2. The zero-order valence-electron chi connectivity index (χ0n) is 20.1. The highest BCUT2D eigenvalue weighted by molar-refractivity contribution is 7.89. The summed E-state index contributed by atoms with van der Waals surface area (Å²) in [5.74, 6) is -3.91. The van der Waals surface area contributed by atoms with Crippen molar-refractivity contribution in [3.8, 4) is 0 Å². The Kier molecular flexibility index (Phi) is 7.47. The molecule has 0 aliphatic carbocycles. The Morgan fingerprint density at radius 2 is 1.94 bits per heavy atom. The van der Waals surface area contributed by atoms with Crippen molar-refractivity contribution in [2.45, 2.75) is 57.1 Å². The number of primary amides is 1. The summed E-state index contributed by atoms with van der Waals surface area (Å²) < 4.78 is 49.5. The van der Waals surface area contributed by atoms with E-state index in [1.165, 1.54) is 26.8 Å². The number of benzene rings is 2. The van der Waals surface area contributed by atoms with Gasteiger partial charge in [-0.05, 0) is 62.6 Å². The van der Waals surface area contributed by atoms with Gasteiger partial charge in [-0.3, -0.25) is 4.79 Å².